The van der Waals surface area contributed by atoms with E-state index in [0.29, 0.717) is 25.7 Å². The number of fused-ring (bicyclic) bond motifs is 3. The Morgan fingerprint density at radius 2 is 2.03 bits per heavy atom. The molecule has 1 aromatic carbocycles. The van der Waals surface area contributed by atoms with Gasteiger partial charge in [0.1, 0.15) is 5.82 Å². The molecule has 8 nitrogen and oxygen atoms in total. The van der Waals surface area contributed by atoms with Gasteiger partial charge in [-0.05, 0) is 32.4 Å². The van der Waals surface area contributed by atoms with Crippen LogP contribution in [0.4, 0.5) is 9.18 Å². The molecular weight excluding hydrogens is 425 g/mol. The van der Waals surface area contributed by atoms with Crippen LogP contribution in [0.1, 0.15) is 25.8 Å². The molecular formula is C21H25ClFN5O3. The molecule has 4 rings (SSSR count). The summed E-state index contributed by atoms with van der Waals surface area (Å²) < 4.78 is 19.7. The lowest BCUT2D eigenvalue weighted by Gasteiger charge is -2.40. The first-order valence-corrected chi connectivity index (χ1v) is 10.6. The maximum atomic E-state index is 14.3. The average molecular weight is 450 g/mol. The number of carbonyl (C=O) groups excluding carboxylic acids is 2. The third-order valence-corrected chi connectivity index (χ3v) is 6.11. The van der Waals surface area contributed by atoms with Crippen LogP contribution in [-0.2, 0) is 16.1 Å². The predicted molar refractivity (Wildman–Crippen MR) is 114 cm³/mol. The summed E-state index contributed by atoms with van der Waals surface area (Å²) in [7, 11) is 1.60. The second-order valence-corrected chi connectivity index (χ2v) is 8.09. The Balaban J connectivity index is 1.57. The van der Waals surface area contributed by atoms with Crippen LogP contribution in [0, 0.1) is 5.82 Å². The molecule has 166 valence electrons. The van der Waals surface area contributed by atoms with Crippen LogP contribution < -0.4 is 0 Å². The third kappa shape index (κ3) is 3.65. The summed E-state index contributed by atoms with van der Waals surface area (Å²) in [6, 6.07) is 3.05. The number of ether oxygens (including phenoxy) is 1. The van der Waals surface area contributed by atoms with Crippen LogP contribution in [0.3, 0.4) is 0 Å². The minimum Gasteiger partial charge on any atom is -0.382 e. The minimum absolute atomic E-state index is 0.113. The summed E-state index contributed by atoms with van der Waals surface area (Å²) in [5, 5.41) is 0.172. The van der Waals surface area contributed by atoms with Gasteiger partial charge in [0.25, 0.3) is 5.91 Å². The van der Waals surface area contributed by atoms with Gasteiger partial charge in [0.05, 0.1) is 6.54 Å². The molecule has 3 heterocycles. The van der Waals surface area contributed by atoms with Crippen molar-refractivity contribution in [3.63, 3.8) is 0 Å². The average Bonchev–Trinajstić information content (AvgIpc) is 3.24. The minimum atomic E-state index is -0.699. The van der Waals surface area contributed by atoms with Gasteiger partial charge in [0.15, 0.2) is 12.2 Å². The van der Waals surface area contributed by atoms with Gasteiger partial charge in [-0.15, -0.1) is 0 Å². The number of halogens is 2. The molecule has 0 spiro atoms. The van der Waals surface area contributed by atoms with E-state index in [0.717, 1.165) is 17.0 Å². The summed E-state index contributed by atoms with van der Waals surface area (Å²) in [4.78, 5) is 37.3. The van der Waals surface area contributed by atoms with Gasteiger partial charge >= 0.3 is 6.03 Å². The van der Waals surface area contributed by atoms with Crippen molar-refractivity contribution in [2.45, 2.75) is 39.0 Å². The molecule has 0 aromatic heterocycles. The van der Waals surface area contributed by atoms with Gasteiger partial charge in [-0.1, -0.05) is 17.7 Å². The van der Waals surface area contributed by atoms with Crippen LogP contribution >= 0.6 is 11.6 Å². The summed E-state index contributed by atoms with van der Waals surface area (Å²) in [5.41, 5.74) is 1.08. The number of allylic oxidation sites excluding steroid dienone is 1. The molecule has 0 aliphatic carbocycles. The van der Waals surface area contributed by atoms with Crippen molar-refractivity contribution < 1.29 is 18.7 Å². The van der Waals surface area contributed by atoms with Gasteiger partial charge in [-0.3, -0.25) is 9.69 Å². The van der Waals surface area contributed by atoms with Crippen molar-refractivity contribution in [1.29, 1.82) is 0 Å². The fourth-order valence-corrected chi connectivity index (χ4v) is 4.36. The molecule has 2 unspecified atom stereocenters. The van der Waals surface area contributed by atoms with Gasteiger partial charge in [0, 0.05) is 49.3 Å². The summed E-state index contributed by atoms with van der Waals surface area (Å²) in [5.74, 6) is -0.340. The van der Waals surface area contributed by atoms with E-state index in [9.17, 15) is 14.0 Å². The number of likely N-dealkylation sites (N-methyl/N-ethyl adjacent to an activating group) is 1. The highest BCUT2D eigenvalue weighted by molar-refractivity contribution is 6.31. The molecule has 0 saturated carbocycles. The number of rotatable bonds is 7. The van der Waals surface area contributed by atoms with Crippen LogP contribution in [0.25, 0.3) is 0 Å². The highest BCUT2D eigenvalue weighted by Gasteiger charge is 2.54. The largest absolute Gasteiger partial charge is 0.382 e. The highest BCUT2D eigenvalue weighted by Crippen LogP contribution is 2.35. The van der Waals surface area contributed by atoms with Crippen molar-refractivity contribution >= 4 is 29.5 Å². The number of urea groups is 1. The fraction of sp³-hybridized carbons (Fsp3) is 0.476. The fourth-order valence-electron chi connectivity index (χ4n) is 4.13. The molecule has 1 aromatic rings. The monoisotopic (exact) mass is 449 g/mol. The number of hydrogen-bond donors (Lipinski definition) is 0. The Morgan fingerprint density at radius 1 is 1.26 bits per heavy atom. The number of guanidine groups is 1. The van der Waals surface area contributed by atoms with E-state index in [4.69, 9.17) is 21.3 Å². The Labute approximate surface area is 185 Å². The Hall–Kier alpha value is -2.65. The molecule has 0 N–H and O–H groups in total. The van der Waals surface area contributed by atoms with Gasteiger partial charge in [-0.2, -0.15) is 0 Å². The number of nitrogens with zero attached hydrogens (tertiary/aromatic N) is 5. The number of amides is 3. The molecule has 2 atom stereocenters. The Bertz CT molecular complexity index is 948. The molecule has 10 heteroatoms. The topological polar surface area (TPSA) is 68.7 Å². The van der Waals surface area contributed by atoms with Crippen molar-refractivity contribution in [3.8, 4) is 0 Å². The standard InChI is InChI=1S/C21H25ClFN5O3/c1-4-31-10-6-9-26-13(2)11-27-17-18(24-20(26)27)25(3)21(30)28(19(17)29)12-14-15(22)7-5-8-16(14)23/h5,7-8,11,17-18H,4,6,9-10,12H2,1-3H3. The van der Waals surface area contributed by atoms with Crippen molar-refractivity contribution in [2.24, 2.45) is 4.99 Å². The second kappa shape index (κ2) is 8.47. The smallest absolute Gasteiger partial charge is 0.328 e. The molecule has 3 amide bonds. The molecule has 1 saturated heterocycles. The zero-order valence-electron chi connectivity index (χ0n) is 17.7. The number of hydrogen-bond acceptors (Lipinski definition) is 6. The van der Waals surface area contributed by atoms with E-state index in [-0.39, 0.29) is 17.1 Å². The number of imide groups is 1. The van der Waals surface area contributed by atoms with E-state index in [2.05, 4.69) is 0 Å². The molecule has 0 bridgehead atoms. The van der Waals surface area contributed by atoms with Crippen LogP contribution in [0.5, 0.6) is 0 Å². The van der Waals surface area contributed by atoms with Crippen molar-refractivity contribution in [2.75, 3.05) is 26.8 Å². The third-order valence-electron chi connectivity index (χ3n) is 5.75. The van der Waals surface area contributed by atoms with Crippen molar-refractivity contribution in [3.05, 3.63) is 46.5 Å². The maximum absolute atomic E-state index is 14.3. The van der Waals surface area contributed by atoms with E-state index in [1.807, 2.05) is 29.8 Å². The van der Waals surface area contributed by atoms with Crippen LogP contribution in [-0.4, -0.2) is 76.5 Å². The van der Waals surface area contributed by atoms with Gasteiger partial charge in [0.2, 0.25) is 5.96 Å². The first-order valence-electron chi connectivity index (χ1n) is 10.3. The first-order chi connectivity index (χ1) is 14.8. The maximum Gasteiger partial charge on any atom is 0.328 e. The normalized spacial score (nSPS) is 22.7. The summed E-state index contributed by atoms with van der Waals surface area (Å²) in [6.45, 7) is 5.66. The first kappa shape index (κ1) is 21.6. The van der Waals surface area contributed by atoms with E-state index < -0.39 is 30.0 Å². The number of carbonyl (C=O) groups is 2. The molecule has 1 fully saturated rings. The lowest BCUT2D eigenvalue weighted by atomic mass is 10.1. The predicted octanol–water partition coefficient (Wildman–Crippen LogP) is 2.84. The summed E-state index contributed by atoms with van der Waals surface area (Å²) in [6.07, 6.45) is 2.04. The summed E-state index contributed by atoms with van der Waals surface area (Å²) >= 11 is 6.13. The number of aliphatic imine (C=N–C) groups is 1. The highest BCUT2D eigenvalue weighted by atomic mass is 35.5. The lowest BCUT2D eigenvalue weighted by molar-refractivity contribution is -0.137. The second-order valence-electron chi connectivity index (χ2n) is 7.69. The quantitative estimate of drug-likeness (QED) is 0.599. The molecule has 31 heavy (non-hydrogen) atoms. The van der Waals surface area contributed by atoms with Crippen LogP contribution in [0.2, 0.25) is 5.02 Å². The molecule has 3 aliphatic rings. The molecule has 0 radical (unpaired) electrons. The van der Waals surface area contributed by atoms with Crippen LogP contribution in [0.15, 0.2) is 35.1 Å². The zero-order chi connectivity index (χ0) is 22.3. The Morgan fingerprint density at radius 3 is 2.74 bits per heavy atom. The zero-order valence-corrected chi connectivity index (χ0v) is 18.5. The van der Waals surface area contributed by atoms with Gasteiger partial charge in [-0.25, -0.2) is 14.2 Å². The van der Waals surface area contributed by atoms with E-state index in [1.165, 1.54) is 23.1 Å². The SMILES string of the molecule is CCOCCCN1C(C)=CN2C1=NC1C2C(=O)N(Cc2c(F)cccc2Cl)C(=O)N1C. The Kier molecular flexibility index (Phi) is 5.90. The van der Waals surface area contributed by atoms with Crippen molar-refractivity contribution in [1.82, 2.24) is 19.6 Å². The lowest BCUT2D eigenvalue weighted by Crippen LogP contribution is -2.63. The molecule has 3 aliphatic heterocycles. The van der Waals surface area contributed by atoms with Gasteiger partial charge < -0.3 is 19.4 Å². The number of benzene rings is 1. The van der Waals surface area contributed by atoms with E-state index in [1.54, 1.807) is 7.05 Å². The van der Waals surface area contributed by atoms with E-state index >= 15 is 0 Å².